The fourth-order valence-electron chi connectivity index (χ4n) is 2.54. The molecule has 0 saturated carbocycles. The van der Waals surface area contributed by atoms with Crippen molar-refractivity contribution in [2.45, 2.75) is 32.4 Å². The highest BCUT2D eigenvalue weighted by Crippen LogP contribution is 2.28. The summed E-state index contributed by atoms with van der Waals surface area (Å²) in [7, 11) is 0. The number of hydrogen-bond donors (Lipinski definition) is 1. The average Bonchev–Trinajstić information content (AvgIpc) is 2.90. The van der Waals surface area contributed by atoms with E-state index in [1.54, 1.807) is 12.1 Å². The van der Waals surface area contributed by atoms with Crippen molar-refractivity contribution in [3.63, 3.8) is 0 Å². The lowest BCUT2D eigenvalue weighted by molar-refractivity contribution is -0.0385. The predicted molar refractivity (Wildman–Crippen MR) is 76.0 cm³/mol. The van der Waals surface area contributed by atoms with Crippen molar-refractivity contribution >= 4 is 5.97 Å². The smallest absolute Gasteiger partial charge is 0.354 e. The Kier molecular flexibility index (Phi) is 3.70. The van der Waals surface area contributed by atoms with Gasteiger partial charge in [0.05, 0.1) is 17.1 Å². The van der Waals surface area contributed by atoms with Gasteiger partial charge in [-0.2, -0.15) is 5.10 Å². The van der Waals surface area contributed by atoms with Gasteiger partial charge in [-0.05, 0) is 44.4 Å². The fourth-order valence-corrected chi connectivity index (χ4v) is 2.54. The highest BCUT2D eigenvalue weighted by atomic mass is 16.5. The first-order valence-corrected chi connectivity index (χ1v) is 7.03. The van der Waals surface area contributed by atoms with Gasteiger partial charge in [-0.25, -0.2) is 14.5 Å². The first-order valence-electron chi connectivity index (χ1n) is 7.03. The van der Waals surface area contributed by atoms with Crippen molar-refractivity contribution in [3.05, 3.63) is 35.7 Å². The van der Waals surface area contributed by atoms with Gasteiger partial charge in [-0.1, -0.05) is 6.07 Å². The van der Waals surface area contributed by atoms with Crippen LogP contribution >= 0.6 is 0 Å². The van der Waals surface area contributed by atoms with Gasteiger partial charge in [0.15, 0.2) is 6.23 Å². The van der Waals surface area contributed by atoms with Crippen LogP contribution in [0.4, 0.5) is 0 Å². The zero-order chi connectivity index (χ0) is 14.8. The Morgan fingerprint density at radius 3 is 3.00 bits per heavy atom. The van der Waals surface area contributed by atoms with Gasteiger partial charge in [0, 0.05) is 6.61 Å². The van der Waals surface area contributed by atoms with E-state index < -0.39 is 5.97 Å². The molecule has 1 unspecified atom stereocenters. The zero-order valence-electron chi connectivity index (χ0n) is 11.8. The fraction of sp³-hybridized carbons (Fsp3) is 0.400. The molecular formula is C15H17N3O3. The van der Waals surface area contributed by atoms with Crippen LogP contribution in [0.15, 0.2) is 24.3 Å². The lowest BCUT2D eigenvalue weighted by atomic mass is 10.1. The minimum atomic E-state index is -1.03. The van der Waals surface area contributed by atoms with E-state index in [9.17, 15) is 4.79 Å². The van der Waals surface area contributed by atoms with Crippen molar-refractivity contribution in [2.24, 2.45) is 0 Å². The summed E-state index contributed by atoms with van der Waals surface area (Å²) in [5, 5.41) is 13.6. The number of aryl methyl sites for hydroxylation is 1. The molecule has 1 saturated heterocycles. The molecule has 6 nitrogen and oxygen atoms in total. The second kappa shape index (κ2) is 5.65. The van der Waals surface area contributed by atoms with Crippen molar-refractivity contribution in [2.75, 3.05) is 6.61 Å². The Balaban J connectivity index is 2.01. The Morgan fingerprint density at radius 2 is 2.29 bits per heavy atom. The van der Waals surface area contributed by atoms with Gasteiger partial charge in [-0.3, -0.25) is 0 Å². The van der Waals surface area contributed by atoms with Crippen molar-refractivity contribution in [1.82, 2.24) is 14.8 Å². The third-order valence-corrected chi connectivity index (χ3v) is 3.52. The summed E-state index contributed by atoms with van der Waals surface area (Å²) < 4.78 is 7.60. The number of nitrogens with zero attached hydrogens (tertiary/aromatic N) is 3. The predicted octanol–water partition coefficient (Wildman–Crippen LogP) is 2.65. The van der Waals surface area contributed by atoms with Crippen LogP contribution in [-0.2, 0) is 4.74 Å². The van der Waals surface area contributed by atoms with E-state index in [4.69, 9.17) is 9.84 Å². The van der Waals surface area contributed by atoms with Crippen LogP contribution in [0.25, 0.3) is 11.4 Å². The molecule has 1 aliphatic heterocycles. The van der Waals surface area contributed by atoms with Crippen molar-refractivity contribution < 1.29 is 14.6 Å². The third kappa shape index (κ3) is 2.80. The zero-order valence-corrected chi connectivity index (χ0v) is 11.8. The molecule has 2 aromatic heterocycles. The Bertz CT molecular complexity index is 660. The van der Waals surface area contributed by atoms with Gasteiger partial charge in [0.25, 0.3) is 0 Å². The number of pyridine rings is 1. The summed E-state index contributed by atoms with van der Waals surface area (Å²) in [6.07, 6.45) is 2.98. The molecule has 0 bridgehead atoms. The summed E-state index contributed by atoms with van der Waals surface area (Å²) >= 11 is 0. The third-order valence-electron chi connectivity index (χ3n) is 3.52. The molecule has 3 heterocycles. The molecule has 0 amide bonds. The van der Waals surface area contributed by atoms with Gasteiger partial charge in [0.2, 0.25) is 0 Å². The monoisotopic (exact) mass is 287 g/mol. The minimum absolute atomic E-state index is 0.0301. The number of carboxylic acid groups (broad SMARTS) is 1. The molecular weight excluding hydrogens is 270 g/mol. The maximum atomic E-state index is 11.1. The summed E-state index contributed by atoms with van der Waals surface area (Å²) in [5.41, 5.74) is 2.29. The quantitative estimate of drug-likeness (QED) is 0.939. The maximum absolute atomic E-state index is 11.1. The van der Waals surface area contributed by atoms with Crippen molar-refractivity contribution in [1.29, 1.82) is 0 Å². The Morgan fingerprint density at radius 1 is 1.43 bits per heavy atom. The molecule has 110 valence electrons. The number of hydrogen-bond acceptors (Lipinski definition) is 4. The first-order chi connectivity index (χ1) is 10.1. The van der Waals surface area contributed by atoms with Crippen LogP contribution in [0.3, 0.4) is 0 Å². The van der Waals surface area contributed by atoms with Gasteiger partial charge in [-0.15, -0.1) is 0 Å². The Hall–Kier alpha value is -2.21. The van der Waals surface area contributed by atoms with E-state index in [1.165, 1.54) is 6.07 Å². The average molecular weight is 287 g/mol. The number of rotatable bonds is 3. The minimum Gasteiger partial charge on any atom is -0.477 e. The Labute approximate surface area is 122 Å². The molecule has 0 radical (unpaired) electrons. The molecule has 0 spiro atoms. The molecule has 21 heavy (non-hydrogen) atoms. The van der Waals surface area contributed by atoms with E-state index in [2.05, 4.69) is 10.1 Å². The molecule has 1 atom stereocenters. The topological polar surface area (TPSA) is 77.2 Å². The number of aromatic carboxylic acids is 1. The lowest BCUT2D eigenvalue weighted by Crippen LogP contribution is -2.20. The molecule has 2 aromatic rings. The second-order valence-corrected chi connectivity index (χ2v) is 5.15. The van der Waals surface area contributed by atoms with E-state index in [1.807, 2.05) is 17.7 Å². The molecule has 0 aromatic carbocycles. The van der Waals surface area contributed by atoms with Crippen LogP contribution < -0.4 is 0 Å². The van der Waals surface area contributed by atoms with E-state index >= 15 is 0 Å². The van der Waals surface area contributed by atoms with Crippen LogP contribution in [0.1, 0.15) is 41.7 Å². The van der Waals surface area contributed by atoms with Gasteiger partial charge >= 0.3 is 5.97 Å². The molecule has 6 heteroatoms. The van der Waals surface area contributed by atoms with Gasteiger partial charge in [0.1, 0.15) is 5.69 Å². The highest BCUT2D eigenvalue weighted by molar-refractivity contribution is 5.86. The van der Waals surface area contributed by atoms with Crippen LogP contribution in [0.5, 0.6) is 0 Å². The van der Waals surface area contributed by atoms with E-state index in [0.29, 0.717) is 5.69 Å². The first kappa shape index (κ1) is 13.8. The van der Waals surface area contributed by atoms with Crippen molar-refractivity contribution in [3.8, 4) is 11.4 Å². The normalized spacial score (nSPS) is 18.6. The van der Waals surface area contributed by atoms with E-state index in [-0.39, 0.29) is 11.9 Å². The van der Waals surface area contributed by atoms with Crippen LogP contribution in [-0.4, -0.2) is 32.4 Å². The number of aromatic nitrogens is 3. The maximum Gasteiger partial charge on any atom is 0.354 e. The largest absolute Gasteiger partial charge is 0.477 e. The molecule has 3 rings (SSSR count). The summed E-state index contributed by atoms with van der Waals surface area (Å²) in [4.78, 5) is 15.3. The number of carboxylic acids is 1. The molecule has 1 N–H and O–H groups in total. The second-order valence-electron chi connectivity index (χ2n) is 5.15. The van der Waals surface area contributed by atoms with E-state index in [0.717, 1.165) is 37.3 Å². The molecule has 0 aliphatic carbocycles. The summed E-state index contributed by atoms with van der Waals surface area (Å²) in [5.74, 6) is -1.03. The summed E-state index contributed by atoms with van der Waals surface area (Å²) in [6.45, 7) is 2.63. The van der Waals surface area contributed by atoms with Crippen LogP contribution in [0, 0.1) is 6.92 Å². The number of ether oxygens (including phenoxy) is 1. The molecule has 1 aliphatic rings. The number of carbonyl (C=O) groups is 1. The lowest BCUT2D eigenvalue weighted by Gasteiger charge is -2.24. The van der Waals surface area contributed by atoms with Gasteiger partial charge < -0.3 is 9.84 Å². The highest BCUT2D eigenvalue weighted by Gasteiger charge is 2.21. The summed E-state index contributed by atoms with van der Waals surface area (Å²) in [6, 6.07) is 6.88. The molecule has 1 fully saturated rings. The standard InChI is InChI=1S/C15H17N3O3/c1-10-9-13(11-5-4-6-12(16-11)15(19)20)18(17-10)14-7-2-3-8-21-14/h4-6,9,14H,2-3,7-8H2,1H3,(H,19,20). The SMILES string of the molecule is Cc1cc(-c2cccc(C(=O)O)n2)n(C2CCCCO2)n1. The van der Waals surface area contributed by atoms with Crippen LogP contribution in [0.2, 0.25) is 0 Å².